The fourth-order valence-electron chi connectivity index (χ4n) is 18.7. The minimum atomic E-state index is -0.600. The highest BCUT2D eigenvalue weighted by Gasteiger charge is 2.21. The molecule has 3 unspecified atom stereocenters. The molecule has 802 valence electrons. The molecular formula is C117H242N10O7. The molecule has 0 aliphatic heterocycles. The molecule has 0 aromatic carbocycles. The number of hydrogen-bond donors (Lipinski definition) is 9. The molecule has 0 aliphatic rings. The summed E-state index contributed by atoms with van der Waals surface area (Å²) >= 11 is 0. The van der Waals surface area contributed by atoms with Gasteiger partial charge in [0.1, 0.15) is 0 Å². The van der Waals surface area contributed by atoms with Crippen molar-refractivity contribution >= 4 is 23.6 Å². The van der Waals surface area contributed by atoms with Crippen molar-refractivity contribution < 1.29 is 34.5 Å². The zero-order chi connectivity index (χ0) is 98.3. The van der Waals surface area contributed by atoms with Gasteiger partial charge in [-0.3, -0.25) is 24.1 Å². The minimum Gasteiger partial charge on any atom is -0.390 e. The minimum absolute atomic E-state index is 0.0605. The smallest absolute Gasteiger partial charge is 0.221 e. The van der Waals surface area contributed by atoms with Gasteiger partial charge < -0.3 is 62.3 Å². The molecule has 0 saturated heterocycles. The normalized spacial score (nSPS) is 12.3. The van der Waals surface area contributed by atoms with Gasteiger partial charge in [0.2, 0.25) is 23.6 Å². The standard InChI is InChI=1S/C83H169N7O5.C32H67N3O2.C2H6/c1-6-11-16-21-26-31-36-38-43-48-53-58-69-88(76-79(91)75-84-68-62-81(93)85-65-55-50-45-40-33-28-23-18-13-8-3)71-60-61-72-89(70-59-54-49-44-39-37-32-27-22-17-12-7-2)77-80(92)78-90(73-63-82(94)86-66-56-51-46-41-34-29-24-19-14-9-4)74-64-83(95)87-67-57-52-47-42-35-30-25-20-15-10-5;1-3-5-7-9-11-13-15-16-18-20-22-24-27-35(30-31(36)29-33)28-25-32(37)34-26-23-21-19-17-14-12-10-8-6-4-2;1-2/h79-80,84,91-92H,6-78H2,1-5H3,(H,85,93)(H,86,94)(H,87,95);31,36H,3-30,33H2,1-2H3,(H,34,37);1-2H3. The van der Waals surface area contributed by atoms with Gasteiger partial charge in [-0.25, -0.2) is 0 Å². The van der Waals surface area contributed by atoms with Crippen LogP contribution in [0.3, 0.4) is 0 Å². The van der Waals surface area contributed by atoms with E-state index in [4.69, 9.17) is 5.73 Å². The number of amides is 4. The summed E-state index contributed by atoms with van der Waals surface area (Å²) < 4.78 is 0. The summed E-state index contributed by atoms with van der Waals surface area (Å²) in [6, 6.07) is 0. The molecule has 0 aliphatic carbocycles. The number of nitrogens with one attached hydrogen (secondary N) is 5. The van der Waals surface area contributed by atoms with Gasteiger partial charge in [-0.1, -0.05) is 505 Å². The molecule has 0 spiro atoms. The molecule has 0 aromatic heterocycles. The third-order valence-electron chi connectivity index (χ3n) is 27.6. The predicted molar refractivity (Wildman–Crippen MR) is 587 cm³/mol. The first kappa shape index (κ1) is 136. The first-order valence-electron chi connectivity index (χ1n) is 60.2. The number of hydrogen-bond acceptors (Lipinski definition) is 13. The van der Waals surface area contributed by atoms with Crippen LogP contribution >= 0.6 is 0 Å². The number of unbranched alkanes of at least 4 members (excludes halogenated alkanes) is 70. The fraction of sp³-hybridized carbons (Fsp3) is 0.966. The second-order valence-corrected chi connectivity index (χ2v) is 41.1. The number of aliphatic hydroxyl groups excluding tert-OH is 3. The van der Waals surface area contributed by atoms with Crippen molar-refractivity contribution in [3.8, 4) is 0 Å². The highest BCUT2D eigenvalue weighted by atomic mass is 16.3. The molecule has 4 amide bonds. The average molecular weight is 1900 g/mol. The summed E-state index contributed by atoms with van der Waals surface area (Å²) in [4.78, 5) is 61.0. The van der Waals surface area contributed by atoms with E-state index in [9.17, 15) is 34.5 Å². The van der Waals surface area contributed by atoms with Crippen LogP contribution in [0.2, 0.25) is 0 Å². The number of carbonyl (C=O) groups is 4. The largest absolute Gasteiger partial charge is 0.390 e. The van der Waals surface area contributed by atoms with Crippen LogP contribution in [-0.4, -0.2) is 201 Å². The van der Waals surface area contributed by atoms with Crippen molar-refractivity contribution in [2.45, 2.75) is 607 Å². The Balaban J connectivity index is -0.00000365. The van der Waals surface area contributed by atoms with E-state index in [0.29, 0.717) is 97.7 Å². The van der Waals surface area contributed by atoms with E-state index >= 15 is 0 Å². The summed E-state index contributed by atoms with van der Waals surface area (Å²) in [7, 11) is 0. The van der Waals surface area contributed by atoms with E-state index in [1.54, 1.807) is 0 Å². The van der Waals surface area contributed by atoms with Crippen LogP contribution in [0.5, 0.6) is 0 Å². The van der Waals surface area contributed by atoms with Gasteiger partial charge >= 0.3 is 0 Å². The van der Waals surface area contributed by atoms with Crippen molar-refractivity contribution in [2.24, 2.45) is 5.73 Å². The first-order chi connectivity index (χ1) is 65.8. The topological polar surface area (TPSA) is 228 Å². The number of carbonyl (C=O) groups excluding carboxylic acids is 4. The Bertz CT molecular complexity index is 2220. The zero-order valence-corrected chi connectivity index (χ0v) is 92.0. The predicted octanol–water partition coefficient (Wildman–Crippen LogP) is 29.4. The third-order valence-corrected chi connectivity index (χ3v) is 27.6. The molecular weight excluding hydrogens is 1660 g/mol. The fourth-order valence-corrected chi connectivity index (χ4v) is 18.7. The highest BCUT2D eigenvalue weighted by molar-refractivity contribution is 5.77. The molecule has 0 aromatic rings. The van der Waals surface area contributed by atoms with E-state index in [1.165, 1.54) is 430 Å². The molecule has 0 heterocycles. The van der Waals surface area contributed by atoms with Crippen LogP contribution in [0.15, 0.2) is 0 Å². The van der Waals surface area contributed by atoms with Crippen LogP contribution in [-0.2, 0) is 19.2 Å². The molecule has 0 rings (SSSR count). The molecule has 0 saturated carbocycles. The molecule has 17 heteroatoms. The second kappa shape index (κ2) is 117. The lowest BCUT2D eigenvalue weighted by molar-refractivity contribution is -0.122. The first-order valence-corrected chi connectivity index (χ1v) is 60.2. The maximum atomic E-state index is 13.3. The van der Waals surface area contributed by atoms with E-state index in [2.05, 4.69) is 94.6 Å². The van der Waals surface area contributed by atoms with Crippen molar-refractivity contribution in [3.05, 3.63) is 0 Å². The second-order valence-electron chi connectivity index (χ2n) is 41.1. The lowest BCUT2D eigenvalue weighted by Gasteiger charge is -2.30. The summed E-state index contributed by atoms with van der Waals surface area (Å²) in [5.41, 5.74) is 5.64. The van der Waals surface area contributed by atoms with Gasteiger partial charge in [-0.05, 0) is 90.5 Å². The van der Waals surface area contributed by atoms with Crippen LogP contribution < -0.4 is 32.3 Å². The van der Waals surface area contributed by atoms with Gasteiger partial charge in [-0.2, -0.15) is 0 Å². The van der Waals surface area contributed by atoms with Gasteiger partial charge in [0.05, 0.1) is 18.3 Å². The Hall–Kier alpha value is -2.48. The molecule has 10 N–H and O–H groups in total. The van der Waals surface area contributed by atoms with Gasteiger partial charge in [0.15, 0.2) is 0 Å². The van der Waals surface area contributed by atoms with E-state index in [0.717, 1.165) is 116 Å². The molecule has 0 bridgehead atoms. The number of nitrogens with two attached hydrogens (primary N) is 1. The van der Waals surface area contributed by atoms with Crippen LogP contribution in [0.4, 0.5) is 0 Å². The number of nitrogens with zero attached hydrogens (tertiary/aromatic N) is 4. The lowest BCUT2D eigenvalue weighted by atomic mass is 10.1. The molecule has 0 radical (unpaired) electrons. The summed E-state index contributed by atoms with van der Waals surface area (Å²) in [5.74, 6) is 0.353. The maximum Gasteiger partial charge on any atom is 0.221 e. The Morgan fingerprint density at radius 1 is 0.201 bits per heavy atom. The van der Waals surface area contributed by atoms with Crippen molar-refractivity contribution in [1.29, 1.82) is 0 Å². The summed E-state index contributed by atoms with van der Waals surface area (Å²) in [5, 5.41) is 49.5. The maximum absolute atomic E-state index is 13.3. The molecule has 134 heavy (non-hydrogen) atoms. The van der Waals surface area contributed by atoms with Crippen LogP contribution in [0, 0.1) is 0 Å². The van der Waals surface area contributed by atoms with E-state index < -0.39 is 18.3 Å². The lowest BCUT2D eigenvalue weighted by Crippen LogP contribution is -2.43. The molecule has 0 fully saturated rings. The zero-order valence-electron chi connectivity index (χ0n) is 92.0. The number of rotatable bonds is 111. The average Bonchev–Trinajstić information content (AvgIpc) is 0.938. The summed E-state index contributed by atoms with van der Waals surface area (Å²) in [6.45, 7) is 32.9. The van der Waals surface area contributed by atoms with Gasteiger partial charge in [0.25, 0.3) is 0 Å². The highest BCUT2D eigenvalue weighted by Crippen LogP contribution is 2.21. The Morgan fingerprint density at radius 3 is 0.567 bits per heavy atom. The Morgan fingerprint density at radius 2 is 0.358 bits per heavy atom. The van der Waals surface area contributed by atoms with E-state index in [-0.39, 0.29) is 30.2 Å². The van der Waals surface area contributed by atoms with Crippen molar-refractivity contribution in [1.82, 2.24) is 46.2 Å². The Kier molecular flexibility index (Phi) is 119. The van der Waals surface area contributed by atoms with Crippen LogP contribution in [0.25, 0.3) is 0 Å². The van der Waals surface area contributed by atoms with E-state index in [1.807, 2.05) is 13.8 Å². The molecule has 17 nitrogen and oxygen atoms in total. The van der Waals surface area contributed by atoms with Gasteiger partial charge in [-0.15, -0.1) is 0 Å². The molecule has 3 atom stereocenters. The third kappa shape index (κ3) is 111. The monoisotopic (exact) mass is 1900 g/mol. The summed E-state index contributed by atoms with van der Waals surface area (Å²) in [6.07, 6.45) is 101. The Labute approximate surface area is 836 Å². The quantitative estimate of drug-likeness (QED) is 0.0259. The SMILES string of the molecule is CC.CCCCCCCCCCCCCCN(CCC(=O)NCCCCCCCCCCCC)CC(O)CN.CCCCCCCCCCCCCCN(CCCCN(CCCCCCCCCCCCCC)CC(O)CN(CCC(=O)NCCCCCCCCCCCC)CCC(=O)NCCCCCCCCCCCC)CC(O)CNCCC(=O)NCCCCCCCCCCCC. The van der Waals surface area contributed by atoms with Crippen molar-refractivity contribution in [2.75, 3.05) is 124 Å². The number of aliphatic hydroxyl groups is 3. The van der Waals surface area contributed by atoms with Gasteiger partial charge in [0, 0.05) is 117 Å². The van der Waals surface area contributed by atoms with Crippen LogP contribution in [0.1, 0.15) is 589 Å². The van der Waals surface area contributed by atoms with Crippen molar-refractivity contribution in [3.63, 3.8) is 0 Å².